The molecule has 1 aromatic rings. The van der Waals surface area contributed by atoms with Gasteiger partial charge in [0.25, 0.3) is 0 Å². The highest BCUT2D eigenvalue weighted by Gasteiger charge is 2.33. The zero-order chi connectivity index (χ0) is 11.1. The van der Waals surface area contributed by atoms with Gasteiger partial charge in [0.1, 0.15) is 0 Å². The number of halogens is 1. The molecule has 1 N–H and O–H groups in total. The van der Waals surface area contributed by atoms with E-state index in [1.807, 2.05) is 17.0 Å². The Kier molecular flexibility index (Phi) is 2.37. The molecule has 16 heavy (non-hydrogen) atoms. The lowest BCUT2D eigenvalue weighted by atomic mass is 9.91. The molecule has 0 aliphatic carbocycles. The molecule has 2 heterocycles. The Bertz CT molecular complexity index is 447. The van der Waals surface area contributed by atoms with Gasteiger partial charge in [-0.25, -0.2) is 0 Å². The van der Waals surface area contributed by atoms with Gasteiger partial charge in [-0.1, -0.05) is 23.7 Å². The van der Waals surface area contributed by atoms with Crippen molar-refractivity contribution in [3.8, 4) is 0 Å². The van der Waals surface area contributed by atoms with E-state index in [4.69, 9.17) is 11.6 Å². The summed E-state index contributed by atoms with van der Waals surface area (Å²) < 4.78 is 0. The molecule has 0 unspecified atom stereocenters. The van der Waals surface area contributed by atoms with Crippen LogP contribution in [0.5, 0.6) is 0 Å². The summed E-state index contributed by atoms with van der Waals surface area (Å²) in [6.07, 6.45) is 0.872. The van der Waals surface area contributed by atoms with E-state index in [2.05, 4.69) is 11.4 Å². The Balaban J connectivity index is 2.06. The molecule has 1 atom stereocenters. The van der Waals surface area contributed by atoms with Gasteiger partial charge in [0.05, 0.1) is 12.6 Å². The Morgan fingerprint density at radius 2 is 2.31 bits per heavy atom. The highest BCUT2D eigenvalue weighted by atomic mass is 35.5. The quantitative estimate of drug-likeness (QED) is 0.738. The van der Waals surface area contributed by atoms with Gasteiger partial charge < -0.3 is 10.2 Å². The zero-order valence-corrected chi connectivity index (χ0v) is 9.63. The van der Waals surface area contributed by atoms with Crippen LogP contribution in [0.1, 0.15) is 17.2 Å². The van der Waals surface area contributed by atoms with E-state index in [0.717, 1.165) is 24.5 Å². The van der Waals surface area contributed by atoms with Gasteiger partial charge in [-0.15, -0.1) is 0 Å². The van der Waals surface area contributed by atoms with Gasteiger partial charge in [-0.3, -0.25) is 4.79 Å². The first kappa shape index (κ1) is 10.1. The molecule has 0 radical (unpaired) electrons. The van der Waals surface area contributed by atoms with Crippen LogP contribution in [0.4, 0.5) is 0 Å². The second-order valence-corrected chi connectivity index (χ2v) is 4.70. The number of rotatable bonds is 0. The lowest BCUT2D eigenvalue weighted by molar-refractivity contribution is -0.135. The lowest BCUT2D eigenvalue weighted by Gasteiger charge is -2.41. The highest BCUT2D eigenvalue weighted by molar-refractivity contribution is 6.31. The molecule has 0 spiro atoms. The van der Waals surface area contributed by atoms with Gasteiger partial charge in [0.15, 0.2) is 0 Å². The maximum atomic E-state index is 11.8. The van der Waals surface area contributed by atoms with Crippen LogP contribution in [0, 0.1) is 0 Å². The summed E-state index contributed by atoms with van der Waals surface area (Å²) in [6, 6.07) is 6.14. The number of hydrogen-bond donors (Lipinski definition) is 1. The van der Waals surface area contributed by atoms with Crippen LogP contribution in [0.15, 0.2) is 18.2 Å². The Morgan fingerprint density at radius 3 is 3.19 bits per heavy atom. The maximum Gasteiger partial charge on any atom is 0.237 e. The SMILES string of the molecule is O=C1CNC[C@H]2c3cccc(Cl)c3CCN12. The molecule has 2 aliphatic rings. The summed E-state index contributed by atoms with van der Waals surface area (Å²) in [5.74, 6) is 0.196. The van der Waals surface area contributed by atoms with Crippen molar-refractivity contribution < 1.29 is 4.79 Å². The minimum Gasteiger partial charge on any atom is -0.333 e. The zero-order valence-electron chi connectivity index (χ0n) is 8.87. The van der Waals surface area contributed by atoms with E-state index in [9.17, 15) is 4.79 Å². The molecule has 1 amide bonds. The first-order chi connectivity index (χ1) is 7.77. The molecule has 84 valence electrons. The molecular weight excluding hydrogens is 224 g/mol. The largest absolute Gasteiger partial charge is 0.333 e. The van der Waals surface area contributed by atoms with Crippen LogP contribution in [-0.2, 0) is 11.2 Å². The Hall–Kier alpha value is -1.06. The van der Waals surface area contributed by atoms with Crippen molar-refractivity contribution in [2.24, 2.45) is 0 Å². The van der Waals surface area contributed by atoms with Crippen molar-refractivity contribution >= 4 is 17.5 Å². The predicted molar refractivity (Wildman–Crippen MR) is 62.5 cm³/mol. The number of amides is 1. The van der Waals surface area contributed by atoms with Crippen molar-refractivity contribution in [3.05, 3.63) is 34.3 Å². The van der Waals surface area contributed by atoms with E-state index >= 15 is 0 Å². The molecule has 3 rings (SSSR count). The van der Waals surface area contributed by atoms with Crippen LogP contribution in [0.25, 0.3) is 0 Å². The molecule has 2 aliphatic heterocycles. The predicted octanol–water partition coefficient (Wildman–Crippen LogP) is 1.37. The molecule has 0 bridgehead atoms. The van der Waals surface area contributed by atoms with Crippen molar-refractivity contribution in [2.75, 3.05) is 19.6 Å². The standard InChI is InChI=1S/C12H13ClN2O/c13-10-3-1-2-9-8(10)4-5-15-11(9)6-14-7-12(15)16/h1-3,11,14H,4-7H2/t11-/m0/s1. The van der Waals surface area contributed by atoms with E-state index < -0.39 is 0 Å². The van der Waals surface area contributed by atoms with Gasteiger partial charge in [0, 0.05) is 18.1 Å². The van der Waals surface area contributed by atoms with Crippen LogP contribution in [-0.4, -0.2) is 30.4 Å². The fourth-order valence-corrected chi connectivity index (χ4v) is 2.92. The van der Waals surface area contributed by atoms with Gasteiger partial charge in [0.2, 0.25) is 5.91 Å². The van der Waals surface area contributed by atoms with E-state index in [0.29, 0.717) is 6.54 Å². The monoisotopic (exact) mass is 236 g/mol. The minimum absolute atomic E-state index is 0.170. The first-order valence-electron chi connectivity index (χ1n) is 5.55. The molecule has 1 fully saturated rings. The maximum absolute atomic E-state index is 11.8. The summed E-state index contributed by atoms with van der Waals surface area (Å²) in [5.41, 5.74) is 2.42. The molecule has 4 heteroatoms. The van der Waals surface area contributed by atoms with Crippen LogP contribution in [0.3, 0.4) is 0 Å². The summed E-state index contributed by atoms with van der Waals surface area (Å²) >= 11 is 6.19. The molecule has 0 saturated carbocycles. The topological polar surface area (TPSA) is 32.3 Å². The number of carbonyl (C=O) groups excluding carboxylic acids is 1. The summed E-state index contributed by atoms with van der Waals surface area (Å²) in [7, 11) is 0. The Labute approximate surface area is 99.4 Å². The fourth-order valence-electron chi connectivity index (χ4n) is 2.64. The van der Waals surface area contributed by atoms with Crippen LogP contribution < -0.4 is 5.32 Å². The van der Waals surface area contributed by atoms with Gasteiger partial charge in [-0.05, 0) is 23.6 Å². The number of piperazine rings is 1. The third kappa shape index (κ3) is 1.43. The van der Waals surface area contributed by atoms with E-state index in [-0.39, 0.29) is 11.9 Å². The molecule has 3 nitrogen and oxygen atoms in total. The average molecular weight is 237 g/mol. The molecular formula is C12H13ClN2O. The number of nitrogens with zero attached hydrogens (tertiary/aromatic N) is 1. The van der Waals surface area contributed by atoms with Crippen molar-refractivity contribution in [2.45, 2.75) is 12.5 Å². The summed E-state index contributed by atoms with van der Waals surface area (Å²) in [6.45, 7) is 2.09. The van der Waals surface area contributed by atoms with Gasteiger partial charge >= 0.3 is 0 Å². The fraction of sp³-hybridized carbons (Fsp3) is 0.417. The molecule has 1 saturated heterocycles. The highest BCUT2D eigenvalue weighted by Crippen LogP contribution is 2.34. The number of carbonyl (C=O) groups is 1. The third-order valence-electron chi connectivity index (χ3n) is 3.43. The summed E-state index contributed by atoms with van der Waals surface area (Å²) in [5, 5.41) is 3.99. The lowest BCUT2D eigenvalue weighted by Crippen LogP contribution is -2.52. The van der Waals surface area contributed by atoms with Crippen molar-refractivity contribution in [1.29, 1.82) is 0 Å². The number of benzene rings is 1. The smallest absolute Gasteiger partial charge is 0.237 e. The van der Waals surface area contributed by atoms with Crippen LogP contribution >= 0.6 is 11.6 Å². The first-order valence-corrected chi connectivity index (χ1v) is 5.92. The van der Waals surface area contributed by atoms with Crippen molar-refractivity contribution in [1.82, 2.24) is 10.2 Å². The van der Waals surface area contributed by atoms with E-state index in [1.165, 1.54) is 11.1 Å². The number of hydrogen-bond acceptors (Lipinski definition) is 2. The van der Waals surface area contributed by atoms with Crippen LogP contribution in [0.2, 0.25) is 5.02 Å². The van der Waals surface area contributed by atoms with E-state index in [1.54, 1.807) is 0 Å². The molecule has 1 aromatic carbocycles. The Morgan fingerprint density at radius 1 is 1.44 bits per heavy atom. The normalized spacial score (nSPS) is 23.9. The number of nitrogens with one attached hydrogen (secondary N) is 1. The number of fused-ring (bicyclic) bond motifs is 3. The minimum atomic E-state index is 0.170. The molecule has 0 aromatic heterocycles. The van der Waals surface area contributed by atoms with Crippen molar-refractivity contribution in [3.63, 3.8) is 0 Å². The summed E-state index contributed by atoms with van der Waals surface area (Å²) in [4.78, 5) is 13.7. The third-order valence-corrected chi connectivity index (χ3v) is 3.78. The average Bonchev–Trinajstić information content (AvgIpc) is 2.30. The van der Waals surface area contributed by atoms with Gasteiger partial charge in [-0.2, -0.15) is 0 Å². The second-order valence-electron chi connectivity index (χ2n) is 4.29. The second kappa shape index (κ2) is 3.75.